The van der Waals surface area contributed by atoms with E-state index >= 15 is 0 Å². The Morgan fingerprint density at radius 3 is 1.65 bits per heavy atom. The van der Waals surface area contributed by atoms with Crippen LogP contribution in [0.4, 0.5) is 0 Å². The van der Waals surface area contributed by atoms with Crippen molar-refractivity contribution in [1.29, 1.82) is 0 Å². The molecule has 0 rings (SSSR count). The molecule has 0 radical (unpaired) electrons. The van der Waals surface area contributed by atoms with Crippen LogP contribution in [0.1, 0.15) is 34.6 Å². The van der Waals surface area contributed by atoms with Crippen molar-refractivity contribution in [3.05, 3.63) is 0 Å². The maximum Gasteiger partial charge on any atom is 0.0701 e. The van der Waals surface area contributed by atoms with Crippen molar-refractivity contribution in [2.45, 2.75) is 46.2 Å². The summed E-state index contributed by atoms with van der Waals surface area (Å²) in [4.78, 5) is 0. The fraction of sp³-hybridized carbons (Fsp3) is 1.00. The average molecular weight is 290 g/mol. The van der Waals surface area contributed by atoms with Gasteiger partial charge in [0.1, 0.15) is 0 Å². The van der Waals surface area contributed by atoms with Gasteiger partial charge in [-0.05, 0) is 20.8 Å². The Morgan fingerprint density at radius 2 is 1.20 bits per heavy atom. The van der Waals surface area contributed by atoms with E-state index in [1.165, 1.54) is 0 Å². The zero-order valence-corrected chi connectivity index (χ0v) is 14.0. The van der Waals surface area contributed by atoms with Crippen LogP contribution < -0.4 is 10.6 Å². The Morgan fingerprint density at radius 1 is 0.750 bits per heavy atom. The second kappa shape index (κ2) is 12.5. The second-order valence-corrected chi connectivity index (χ2v) is 6.12. The molecular formula is C15H34N2O3. The molecule has 0 aliphatic carbocycles. The molecule has 0 saturated heterocycles. The molecule has 0 aliphatic heterocycles. The zero-order valence-electron chi connectivity index (χ0n) is 14.0. The fourth-order valence-corrected chi connectivity index (χ4v) is 1.46. The van der Waals surface area contributed by atoms with Gasteiger partial charge in [-0.2, -0.15) is 0 Å². The van der Waals surface area contributed by atoms with E-state index in [1.54, 1.807) is 0 Å². The summed E-state index contributed by atoms with van der Waals surface area (Å²) in [6.07, 6.45) is 0. The van der Waals surface area contributed by atoms with Gasteiger partial charge in [0.2, 0.25) is 0 Å². The minimum Gasteiger partial charge on any atom is -0.378 e. The van der Waals surface area contributed by atoms with Crippen LogP contribution >= 0.6 is 0 Å². The van der Waals surface area contributed by atoms with Gasteiger partial charge in [0.05, 0.1) is 39.6 Å². The first kappa shape index (κ1) is 19.8. The monoisotopic (exact) mass is 290 g/mol. The number of hydrogen-bond donors (Lipinski definition) is 2. The molecule has 0 heterocycles. The van der Waals surface area contributed by atoms with Gasteiger partial charge < -0.3 is 24.8 Å². The average Bonchev–Trinajstić information content (AvgIpc) is 2.33. The van der Waals surface area contributed by atoms with E-state index in [4.69, 9.17) is 14.2 Å². The van der Waals surface area contributed by atoms with E-state index in [2.05, 4.69) is 45.3 Å². The van der Waals surface area contributed by atoms with Gasteiger partial charge in [0.15, 0.2) is 0 Å². The van der Waals surface area contributed by atoms with Crippen LogP contribution in [0.25, 0.3) is 0 Å². The lowest BCUT2D eigenvalue weighted by Crippen LogP contribution is -2.38. The van der Waals surface area contributed by atoms with Crippen LogP contribution in [0.2, 0.25) is 0 Å². The topological polar surface area (TPSA) is 51.8 Å². The third-order valence-electron chi connectivity index (χ3n) is 2.44. The molecule has 0 bridgehead atoms. The van der Waals surface area contributed by atoms with Crippen molar-refractivity contribution in [3.63, 3.8) is 0 Å². The molecule has 0 aliphatic rings. The third-order valence-corrected chi connectivity index (χ3v) is 2.44. The number of nitrogens with one attached hydrogen (secondary N) is 2. The van der Waals surface area contributed by atoms with Crippen molar-refractivity contribution < 1.29 is 14.2 Å². The maximum atomic E-state index is 5.46. The summed E-state index contributed by atoms with van der Waals surface area (Å²) < 4.78 is 16.3. The van der Waals surface area contributed by atoms with Gasteiger partial charge in [0, 0.05) is 24.7 Å². The van der Waals surface area contributed by atoms with Crippen molar-refractivity contribution in [2.75, 3.05) is 52.7 Å². The smallest absolute Gasteiger partial charge is 0.0701 e. The highest BCUT2D eigenvalue weighted by atomic mass is 16.5. The predicted octanol–water partition coefficient (Wildman–Crippen LogP) is 1.42. The van der Waals surface area contributed by atoms with E-state index < -0.39 is 0 Å². The number of ether oxygens (including phenoxy) is 3. The van der Waals surface area contributed by atoms with Crippen molar-refractivity contribution >= 4 is 0 Å². The van der Waals surface area contributed by atoms with E-state index in [1.807, 2.05) is 0 Å². The SMILES string of the molecule is CC(C)NCCOCCOCCOCCNC(C)(C)C. The Bertz CT molecular complexity index is 206. The lowest BCUT2D eigenvalue weighted by atomic mass is 10.1. The van der Waals surface area contributed by atoms with Crippen LogP contribution in [-0.2, 0) is 14.2 Å². The fourth-order valence-electron chi connectivity index (χ4n) is 1.46. The van der Waals surface area contributed by atoms with Crippen molar-refractivity contribution in [1.82, 2.24) is 10.6 Å². The maximum absolute atomic E-state index is 5.46. The van der Waals surface area contributed by atoms with Gasteiger partial charge >= 0.3 is 0 Å². The highest BCUT2D eigenvalue weighted by Crippen LogP contribution is 1.96. The minimum absolute atomic E-state index is 0.154. The summed E-state index contributed by atoms with van der Waals surface area (Å²) >= 11 is 0. The molecule has 0 aromatic heterocycles. The Labute approximate surface area is 124 Å². The lowest BCUT2D eigenvalue weighted by molar-refractivity contribution is 0.0150. The molecule has 122 valence electrons. The molecule has 0 unspecified atom stereocenters. The van der Waals surface area contributed by atoms with Gasteiger partial charge in [0.25, 0.3) is 0 Å². The predicted molar refractivity (Wildman–Crippen MR) is 83.4 cm³/mol. The quantitative estimate of drug-likeness (QED) is 0.503. The Balaban J connectivity index is 3.03. The molecule has 0 fully saturated rings. The number of hydrogen-bond acceptors (Lipinski definition) is 5. The summed E-state index contributed by atoms with van der Waals surface area (Å²) in [7, 11) is 0. The van der Waals surface area contributed by atoms with Crippen LogP contribution in [0, 0.1) is 0 Å². The molecule has 2 N–H and O–H groups in total. The number of rotatable bonds is 13. The van der Waals surface area contributed by atoms with E-state index in [0.29, 0.717) is 32.5 Å². The van der Waals surface area contributed by atoms with Gasteiger partial charge in [-0.25, -0.2) is 0 Å². The summed E-state index contributed by atoms with van der Waals surface area (Å²) in [5.74, 6) is 0. The summed E-state index contributed by atoms with van der Waals surface area (Å²) in [6, 6.07) is 0.514. The molecule has 0 atom stereocenters. The van der Waals surface area contributed by atoms with Crippen LogP contribution in [0.15, 0.2) is 0 Å². The Kier molecular flexibility index (Phi) is 12.4. The highest BCUT2D eigenvalue weighted by molar-refractivity contribution is 4.69. The van der Waals surface area contributed by atoms with Crippen molar-refractivity contribution in [2.24, 2.45) is 0 Å². The van der Waals surface area contributed by atoms with Gasteiger partial charge in [-0.3, -0.25) is 0 Å². The summed E-state index contributed by atoms with van der Waals surface area (Å²) in [5.41, 5.74) is 0.154. The highest BCUT2D eigenvalue weighted by Gasteiger charge is 2.06. The van der Waals surface area contributed by atoms with Crippen LogP contribution in [0.5, 0.6) is 0 Å². The molecule has 20 heavy (non-hydrogen) atoms. The third kappa shape index (κ3) is 17.8. The van der Waals surface area contributed by atoms with Crippen LogP contribution in [0.3, 0.4) is 0 Å². The first-order chi connectivity index (χ1) is 9.42. The summed E-state index contributed by atoms with van der Waals surface area (Å²) in [6.45, 7) is 16.4. The van der Waals surface area contributed by atoms with Gasteiger partial charge in [-0.1, -0.05) is 13.8 Å². The van der Waals surface area contributed by atoms with E-state index in [-0.39, 0.29) is 5.54 Å². The van der Waals surface area contributed by atoms with Crippen LogP contribution in [-0.4, -0.2) is 64.3 Å². The second-order valence-electron chi connectivity index (χ2n) is 6.12. The summed E-state index contributed by atoms with van der Waals surface area (Å²) in [5, 5.41) is 6.66. The molecule has 0 spiro atoms. The Hall–Kier alpha value is -0.200. The molecule has 5 heteroatoms. The first-order valence-electron chi connectivity index (χ1n) is 7.63. The van der Waals surface area contributed by atoms with Gasteiger partial charge in [-0.15, -0.1) is 0 Å². The first-order valence-corrected chi connectivity index (χ1v) is 7.63. The molecule has 5 nitrogen and oxygen atoms in total. The minimum atomic E-state index is 0.154. The van der Waals surface area contributed by atoms with E-state index in [9.17, 15) is 0 Å². The molecule has 0 amide bonds. The lowest BCUT2D eigenvalue weighted by Gasteiger charge is -2.20. The molecular weight excluding hydrogens is 256 g/mol. The standard InChI is InChI=1S/C15H34N2O3/c1-14(2)16-6-8-18-10-12-20-13-11-19-9-7-17-15(3,4)5/h14,16-17H,6-13H2,1-5H3. The normalized spacial score (nSPS) is 12.3. The molecule has 0 aromatic rings. The largest absolute Gasteiger partial charge is 0.378 e. The van der Waals surface area contributed by atoms with E-state index in [0.717, 1.165) is 26.3 Å². The molecule has 0 saturated carbocycles. The zero-order chi connectivity index (χ0) is 15.3. The van der Waals surface area contributed by atoms with Crippen molar-refractivity contribution in [3.8, 4) is 0 Å². The molecule has 0 aromatic carbocycles.